The molecule has 2 aromatic rings. The van der Waals surface area contributed by atoms with Crippen molar-refractivity contribution in [2.24, 2.45) is 5.73 Å². The van der Waals surface area contributed by atoms with Crippen LogP contribution in [0.3, 0.4) is 0 Å². The van der Waals surface area contributed by atoms with Gasteiger partial charge in [0.2, 0.25) is 0 Å². The smallest absolute Gasteiger partial charge is 0.0753 e. The van der Waals surface area contributed by atoms with Crippen LogP contribution in [0.5, 0.6) is 0 Å². The van der Waals surface area contributed by atoms with E-state index >= 15 is 0 Å². The molecule has 2 N–H and O–H groups in total. The first-order valence-corrected chi connectivity index (χ1v) is 7.66. The summed E-state index contributed by atoms with van der Waals surface area (Å²) in [4.78, 5) is 2.46. The molecule has 1 aliphatic heterocycles. The van der Waals surface area contributed by atoms with E-state index in [0.29, 0.717) is 6.54 Å². The molecule has 112 valence electrons. The van der Waals surface area contributed by atoms with Crippen LogP contribution in [0.15, 0.2) is 42.5 Å². The summed E-state index contributed by atoms with van der Waals surface area (Å²) < 4.78 is 5.83. The third kappa shape index (κ3) is 2.95. The molecule has 0 aromatic heterocycles. The number of hydrogen-bond donors (Lipinski definition) is 1. The zero-order chi connectivity index (χ0) is 14.9. The molecule has 3 heteroatoms. The minimum atomic E-state index is -0.101. The Balaban J connectivity index is 1.98. The van der Waals surface area contributed by atoms with Gasteiger partial charge in [0, 0.05) is 25.7 Å². The maximum absolute atomic E-state index is 6.13. The molecular weight excluding hydrogens is 260 g/mol. The number of rotatable bonds is 3. The summed E-state index contributed by atoms with van der Waals surface area (Å²) in [6.07, 6.45) is 0. The Morgan fingerprint density at radius 3 is 2.71 bits per heavy atom. The number of fused-ring (bicyclic) bond motifs is 1. The maximum Gasteiger partial charge on any atom is 0.0753 e. The standard InChI is InChI=1S/C18H24N2O/c1-18(2)13-20(10-11-21-18)17(12-19)16-9-5-7-14-6-3-4-8-15(14)16/h3-9,17H,10-13,19H2,1-2H3. The van der Waals surface area contributed by atoms with Crippen LogP contribution >= 0.6 is 0 Å². The molecule has 1 fully saturated rings. The van der Waals surface area contributed by atoms with Crippen LogP contribution in [0.25, 0.3) is 10.8 Å². The first-order valence-electron chi connectivity index (χ1n) is 7.66. The van der Waals surface area contributed by atoms with Crippen molar-refractivity contribution < 1.29 is 4.74 Å². The van der Waals surface area contributed by atoms with Crippen LogP contribution in [0, 0.1) is 0 Å². The normalized spacial score (nSPS) is 20.5. The van der Waals surface area contributed by atoms with Crippen LogP contribution in [-0.2, 0) is 4.74 Å². The topological polar surface area (TPSA) is 38.5 Å². The minimum absolute atomic E-state index is 0.101. The summed E-state index contributed by atoms with van der Waals surface area (Å²) >= 11 is 0. The molecule has 0 spiro atoms. The monoisotopic (exact) mass is 284 g/mol. The van der Waals surface area contributed by atoms with Crippen LogP contribution in [0.1, 0.15) is 25.5 Å². The van der Waals surface area contributed by atoms with Gasteiger partial charge in [0.05, 0.1) is 12.2 Å². The fourth-order valence-electron chi connectivity index (χ4n) is 3.33. The molecule has 3 nitrogen and oxygen atoms in total. The second-order valence-electron chi connectivity index (χ2n) is 6.40. The minimum Gasteiger partial charge on any atom is -0.373 e. The first-order chi connectivity index (χ1) is 10.1. The van der Waals surface area contributed by atoms with Gasteiger partial charge in [-0.2, -0.15) is 0 Å². The number of nitrogens with zero attached hydrogens (tertiary/aromatic N) is 1. The van der Waals surface area contributed by atoms with E-state index in [1.54, 1.807) is 0 Å². The fourth-order valence-corrected chi connectivity index (χ4v) is 3.33. The van der Waals surface area contributed by atoms with Crippen molar-refractivity contribution in [3.63, 3.8) is 0 Å². The zero-order valence-corrected chi connectivity index (χ0v) is 12.9. The van der Waals surface area contributed by atoms with Gasteiger partial charge in [0.25, 0.3) is 0 Å². The van der Waals surface area contributed by atoms with E-state index in [0.717, 1.165) is 19.7 Å². The molecule has 21 heavy (non-hydrogen) atoms. The van der Waals surface area contributed by atoms with E-state index in [1.165, 1.54) is 16.3 Å². The Labute approximate surface area is 126 Å². The molecule has 2 aromatic carbocycles. The molecule has 1 aliphatic rings. The lowest BCUT2D eigenvalue weighted by atomic mass is 9.96. The molecule has 0 saturated carbocycles. The van der Waals surface area contributed by atoms with E-state index in [4.69, 9.17) is 10.5 Å². The number of nitrogens with two attached hydrogens (primary N) is 1. The van der Waals surface area contributed by atoms with Crippen LogP contribution in [-0.4, -0.2) is 36.7 Å². The van der Waals surface area contributed by atoms with Gasteiger partial charge in [-0.25, -0.2) is 0 Å². The molecule has 1 atom stereocenters. The molecule has 0 radical (unpaired) electrons. The number of benzene rings is 2. The highest BCUT2D eigenvalue weighted by atomic mass is 16.5. The predicted molar refractivity (Wildman–Crippen MR) is 87.3 cm³/mol. The Hall–Kier alpha value is -1.42. The molecule has 3 rings (SSSR count). The average Bonchev–Trinajstić information content (AvgIpc) is 2.47. The molecule has 0 amide bonds. The van der Waals surface area contributed by atoms with Gasteiger partial charge in [-0.3, -0.25) is 4.90 Å². The largest absolute Gasteiger partial charge is 0.373 e. The van der Waals surface area contributed by atoms with Crippen molar-refractivity contribution >= 4 is 10.8 Å². The van der Waals surface area contributed by atoms with E-state index in [1.807, 2.05) is 0 Å². The summed E-state index contributed by atoms with van der Waals surface area (Å²) in [5.74, 6) is 0. The van der Waals surface area contributed by atoms with Gasteiger partial charge in [-0.1, -0.05) is 42.5 Å². The Kier molecular flexibility index (Phi) is 3.98. The second kappa shape index (κ2) is 5.76. The summed E-state index contributed by atoms with van der Waals surface area (Å²) in [5.41, 5.74) is 7.36. The molecule has 0 aliphatic carbocycles. The predicted octanol–water partition coefficient (Wildman–Crippen LogP) is 2.95. The van der Waals surface area contributed by atoms with Crippen LogP contribution in [0.2, 0.25) is 0 Å². The van der Waals surface area contributed by atoms with E-state index < -0.39 is 0 Å². The number of morpholine rings is 1. The highest BCUT2D eigenvalue weighted by Crippen LogP contribution is 2.30. The van der Waals surface area contributed by atoms with Gasteiger partial charge < -0.3 is 10.5 Å². The molecule has 1 unspecified atom stereocenters. The molecule has 0 bridgehead atoms. The fraction of sp³-hybridized carbons (Fsp3) is 0.444. The van der Waals surface area contributed by atoms with E-state index in [2.05, 4.69) is 61.2 Å². The SMILES string of the molecule is CC1(C)CN(C(CN)c2cccc3ccccc23)CCO1. The number of hydrogen-bond acceptors (Lipinski definition) is 3. The van der Waals surface area contributed by atoms with Gasteiger partial charge in [0.1, 0.15) is 0 Å². The number of ether oxygens (including phenoxy) is 1. The summed E-state index contributed by atoms with van der Waals surface area (Å²) in [6.45, 7) is 7.55. The van der Waals surface area contributed by atoms with Gasteiger partial charge >= 0.3 is 0 Å². The van der Waals surface area contributed by atoms with Crippen molar-refractivity contribution in [3.05, 3.63) is 48.0 Å². The van der Waals surface area contributed by atoms with E-state index in [9.17, 15) is 0 Å². The van der Waals surface area contributed by atoms with E-state index in [-0.39, 0.29) is 11.6 Å². The lowest BCUT2D eigenvalue weighted by Gasteiger charge is -2.42. The van der Waals surface area contributed by atoms with Crippen molar-refractivity contribution in [1.82, 2.24) is 4.90 Å². The zero-order valence-electron chi connectivity index (χ0n) is 12.9. The summed E-state index contributed by atoms with van der Waals surface area (Å²) in [6, 6.07) is 15.3. The highest BCUT2D eigenvalue weighted by Gasteiger charge is 2.31. The summed E-state index contributed by atoms with van der Waals surface area (Å²) in [7, 11) is 0. The summed E-state index contributed by atoms with van der Waals surface area (Å²) in [5, 5.41) is 2.58. The molecule has 1 heterocycles. The first kappa shape index (κ1) is 14.5. The molecular formula is C18H24N2O. The van der Waals surface area contributed by atoms with Crippen LogP contribution in [0.4, 0.5) is 0 Å². The lowest BCUT2D eigenvalue weighted by molar-refractivity contribution is -0.0966. The quantitative estimate of drug-likeness (QED) is 0.942. The third-order valence-corrected chi connectivity index (χ3v) is 4.30. The van der Waals surface area contributed by atoms with Gasteiger partial charge in [-0.05, 0) is 30.2 Å². The van der Waals surface area contributed by atoms with Crippen molar-refractivity contribution in [1.29, 1.82) is 0 Å². The maximum atomic E-state index is 6.13. The van der Waals surface area contributed by atoms with Gasteiger partial charge in [-0.15, -0.1) is 0 Å². The second-order valence-corrected chi connectivity index (χ2v) is 6.40. The van der Waals surface area contributed by atoms with Crippen molar-refractivity contribution in [2.75, 3.05) is 26.2 Å². The Morgan fingerprint density at radius 2 is 1.95 bits per heavy atom. The Morgan fingerprint density at radius 1 is 1.19 bits per heavy atom. The lowest BCUT2D eigenvalue weighted by Crippen LogP contribution is -2.50. The highest BCUT2D eigenvalue weighted by molar-refractivity contribution is 5.86. The molecule has 1 saturated heterocycles. The van der Waals surface area contributed by atoms with Crippen molar-refractivity contribution in [2.45, 2.75) is 25.5 Å². The van der Waals surface area contributed by atoms with Gasteiger partial charge in [0.15, 0.2) is 0 Å². The van der Waals surface area contributed by atoms with Crippen molar-refractivity contribution in [3.8, 4) is 0 Å². The third-order valence-electron chi connectivity index (χ3n) is 4.30. The average molecular weight is 284 g/mol. The van der Waals surface area contributed by atoms with Crippen LogP contribution < -0.4 is 5.73 Å². The Bertz CT molecular complexity index is 618.